The SMILES string of the molecule is Cc1nc(CCNS(=O)(=O)c2cnc(C)n2C)sc1C(=O)O. The van der Waals surface area contributed by atoms with Crippen LogP contribution in [0.5, 0.6) is 0 Å². The highest BCUT2D eigenvalue weighted by Crippen LogP contribution is 2.18. The molecule has 0 fully saturated rings. The third-order valence-electron chi connectivity index (χ3n) is 3.12. The number of aromatic nitrogens is 3. The summed E-state index contributed by atoms with van der Waals surface area (Å²) >= 11 is 1.06. The Bertz CT molecular complexity index is 807. The zero-order valence-corrected chi connectivity index (χ0v) is 14.0. The third kappa shape index (κ3) is 3.34. The van der Waals surface area contributed by atoms with E-state index in [0.717, 1.165) is 11.3 Å². The van der Waals surface area contributed by atoms with Crippen molar-refractivity contribution in [3.8, 4) is 0 Å². The normalized spacial score (nSPS) is 11.8. The molecule has 0 saturated carbocycles. The Morgan fingerprint density at radius 3 is 2.64 bits per heavy atom. The average Bonchev–Trinajstić information content (AvgIpc) is 2.94. The Morgan fingerprint density at radius 2 is 2.14 bits per heavy atom. The summed E-state index contributed by atoms with van der Waals surface area (Å²) in [4.78, 5) is 19.2. The van der Waals surface area contributed by atoms with Gasteiger partial charge >= 0.3 is 5.97 Å². The quantitative estimate of drug-likeness (QED) is 0.798. The molecule has 0 radical (unpaired) electrons. The van der Waals surface area contributed by atoms with Gasteiger partial charge in [-0.1, -0.05) is 0 Å². The highest BCUT2D eigenvalue weighted by atomic mass is 32.2. The standard InChI is InChI=1S/C12H16N4O4S2/c1-7-11(12(17)18)21-9(15-7)4-5-14-22(19,20)10-6-13-8(2)16(10)3/h6,14H,4-5H2,1-3H3,(H,17,18). The summed E-state index contributed by atoms with van der Waals surface area (Å²) in [6, 6.07) is 0. The maximum absolute atomic E-state index is 12.2. The Kier molecular flexibility index (Phi) is 4.63. The molecule has 0 amide bonds. The third-order valence-corrected chi connectivity index (χ3v) is 5.84. The number of nitrogens with one attached hydrogen (secondary N) is 1. The average molecular weight is 344 g/mol. The van der Waals surface area contributed by atoms with E-state index in [9.17, 15) is 13.2 Å². The van der Waals surface area contributed by atoms with Gasteiger partial charge in [-0.05, 0) is 13.8 Å². The van der Waals surface area contributed by atoms with Crippen LogP contribution in [0.4, 0.5) is 0 Å². The lowest BCUT2D eigenvalue weighted by molar-refractivity contribution is 0.0701. The van der Waals surface area contributed by atoms with Gasteiger partial charge in [0.1, 0.15) is 10.7 Å². The summed E-state index contributed by atoms with van der Waals surface area (Å²) < 4.78 is 28.3. The second kappa shape index (κ2) is 6.15. The number of nitrogens with zero attached hydrogens (tertiary/aromatic N) is 3. The van der Waals surface area contributed by atoms with E-state index in [4.69, 9.17) is 5.11 Å². The summed E-state index contributed by atoms with van der Waals surface area (Å²) in [5, 5.41) is 9.64. The van der Waals surface area contributed by atoms with Crippen LogP contribution in [0, 0.1) is 13.8 Å². The van der Waals surface area contributed by atoms with Crippen LogP contribution < -0.4 is 4.72 Å². The summed E-state index contributed by atoms with van der Waals surface area (Å²) in [7, 11) is -2.02. The molecule has 0 aliphatic heterocycles. The molecular weight excluding hydrogens is 328 g/mol. The minimum Gasteiger partial charge on any atom is -0.477 e. The summed E-state index contributed by atoms with van der Waals surface area (Å²) in [6.45, 7) is 3.47. The molecule has 0 saturated heterocycles. The maximum atomic E-state index is 12.2. The monoisotopic (exact) mass is 344 g/mol. The van der Waals surface area contributed by atoms with Crippen LogP contribution in [0.1, 0.15) is 26.2 Å². The number of hydrogen-bond donors (Lipinski definition) is 2. The van der Waals surface area contributed by atoms with E-state index in [0.29, 0.717) is 22.9 Å². The zero-order chi connectivity index (χ0) is 16.5. The molecule has 22 heavy (non-hydrogen) atoms. The Balaban J connectivity index is 2.03. The van der Waals surface area contributed by atoms with Crippen LogP contribution in [-0.4, -0.2) is 40.6 Å². The Hall–Kier alpha value is -1.78. The first-order chi connectivity index (χ1) is 10.2. The van der Waals surface area contributed by atoms with Gasteiger partial charge in [-0.3, -0.25) is 0 Å². The van der Waals surface area contributed by atoms with E-state index < -0.39 is 16.0 Å². The smallest absolute Gasteiger partial charge is 0.347 e. The fraction of sp³-hybridized carbons (Fsp3) is 0.417. The molecule has 2 aromatic heterocycles. The first kappa shape index (κ1) is 16.6. The minimum absolute atomic E-state index is 0.0894. The molecule has 2 rings (SSSR count). The van der Waals surface area contributed by atoms with Gasteiger partial charge in [-0.25, -0.2) is 27.9 Å². The second-order valence-electron chi connectivity index (χ2n) is 4.68. The number of carboxylic acids is 1. The molecule has 2 aromatic rings. The fourth-order valence-electron chi connectivity index (χ4n) is 1.85. The van der Waals surface area contributed by atoms with Crippen molar-refractivity contribution in [2.24, 2.45) is 7.05 Å². The lowest BCUT2D eigenvalue weighted by atomic mass is 10.4. The minimum atomic E-state index is -3.65. The molecule has 8 nitrogen and oxygen atoms in total. The van der Waals surface area contributed by atoms with Crippen molar-refractivity contribution >= 4 is 27.3 Å². The summed E-state index contributed by atoms with van der Waals surface area (Å²) in [5.41, 5.74) is 0.442. The van der Waals surface area contributed by atoms with Gasteiger partial charge < -0.3 is 9.67 Å². The lowest BCUT2D eigenvalue weighted by Crippen LogP contribution is -2.27. The number of thiazole rings is 1. The molecule has 0 unspecified atom stereocenters. The van der Waals surface area contributed by atoms with Crippen LogP contribution in [0.3, 0.4) is 0 Å². The molecule has 0 atom stereocenters. The predicted molar refractivity (Wildman–Crippen MR) is 80.6 cm³/mol. The molecule has 0 spiro atoms. The lowest BCUT2D eigenvalue weighted by Gasteiger charge is -2.06. The van der Waals surface area contributed by atoms with Crippen LogP contribution in [0.25, 0.3) is 0 Å². The van der Waals surface area contributed by atoms with Crippen molar-refractivity contribution in [2.75, 3.05) is 6.54 Å². The highest BCUT2D eigenvalue weighted by Gasteiger charge is 2.19. The summed E-state index contributed by atoms with van der Waals surface area (Å²) in [5.74, 6) is -0.422. The highest BCUT2D eigenvalue weighted by molar-refractivity contribution is 7.89. The van der Waals surface area contributed by atoms with Crippen LogP contribution in [-0.2, 0) is 23.5 Å². The van der Waals surface area contributed by atoms with Crippen molar-refractivity contribution in [1.29, 1.82) is 0 Å². The van der Waals surface area contributed by atoms with E-state index in [2.05, 4.69) is 14.7 Å². The van der Waals surface area contributed by atoms with Crippen molar-refractivity contribution < 1.29 is 18.3 Å². The van der Waals surface area contributed by atoms with Crippen molar-refractivity contribution in [3.63, 3.8) is 0 Å². The van der Waals surface area contributed by atoms with Crippen LogP contribution in [0.15, 0.2) is 11.2 Å². The topological polar surface area (TPSA) is 114 Å². The molecular formula is C12H16N4O4S2. The number of aryl methyl sites for hydroxylation is 2. The molecule has 0 aromatic carbocycles. The van der Waals surface area contributed by atoms with Gasteiger partial charge in [-0.15, -0.1) is 11.3 Å². The van der Waals surface area contributed by atoms with E-state index >= 15 is 0 Å². The van der Waals surface area contributed by atoms with Gasteiger partial charge in [0.05, 0.1) is 16.9 Å². The number of sulfonamides is 1. The van der Waals surface area contributed by atoms with Gasteiger partial charge in [-0.2, -0.15) is 0 Å². The molecule has 10 heteroatoms. The van der Waals surface area contributed by atoms with Gasteiger partial charge in [0, 0.05) is 20.0 Å². The van der Waals surface area contributed by atoms with Crippen LogP contribution in [0.2, 0.25) is 0 Å². The van der Waals surface area contributed by atoms with Gasteiger partial charge in [0.25, 0.3) is 10.0 Å². The number of hydrogen-bond acceptors (Lipinski definition) is 6. The zero-order valence-electron chi connectivity index (χ0n) is 12.3. The second-order valence-corrected chi connectivity index (χ2v) is 7.48. The van der Waals surface area contributed by atoms with Crippen molar-refractivity contribution in [2.45, 2.75) is 25.3 Å². The van der Waals surface area contributed by atoms with Crippen molar-refractivity contribution in [1.82, 2.24) is 19.3 Å². The predicted octanol–water partition coefficient (Wildman–Crippen LogP) is 0.713. The first-order valence-electron chi connectivity index (χ1n) is 6.40. The van der Waals surface area contributed by atoms with E-state index in [1.165, 1.54) is 10.8 Å². The molecule has 2 heterocycles. The van der Waals surface area contributed by atoms with E-state index in [1.807, 2.05) is 0 Å². The number of aromatic carboxylic acids is 1. The summed E-state index contributed by atoms with van der Waals surface area (Å²) in [6.07, 6.45) is 1.63. The molecule has 120 valence electrons. The van der Waals surface area contributed by atoms with Gasteiger partial charge in [0.15, 0.2) is 5.03 Å². The van der Waals surface area contributed by atoms with Crippen molar-refractivity contribution in [3.05, 3.63) is 27.6 Å². The maximum Gasteiger partial charge on any atom is 0.347 e. The molecule has 0 aliphatic carbocycles. The molecule has 0 bridgehead atoms. The fourth-order valence-corrected chi connectivity index (χ4v) is 3.96. The van der Waals surface area contributed by atoms with Crippen LogP contribution >= 0.6 is 11.3 Å². The van der Waals surface area contributed by atoms with E-state index in [1.54, 1.807) is 20.9 Å². The largest absolute Gasteiger partial charge is 0.477 e. The van der Waals surface area contributed by atoms with E-state index in [-0.39, 0.29) is 16.4 Å². The number of rotatable bonds is 6. The molecule has 2 N–H and O–H groups in total. The Labute approximate surface area is 131 Å². The van der Waals surface area contributed by atoms with Gasteiger partial charge in [0.2, 0.25) is 0 Å². The number of carboxylic acid groups (broad SMARTS) is 1. The first-order valence-corrected chi connectivity index (χ1v) is 8.70. The number of carbonyl (C=O) groups is 1. The Morgan fingerprint density at radius 1 is 1.45 bits per heavy atom. The molecule has 0 aliphatic rings. The number of imidazole rings is 1.